The Morgan fingerprint density at radius 3 is 2.48 bits per heavy atom. The highest BCUT2D eigenvalue weighted by molar-refractivity contribution is 6.31. The third-order valence-electron chi connectivity index (χ3n) is 4.43. The maximum atomic E-state index is 13.6. The van der Waals surface area contributed by atoms with Gasteiger partial charge in [0.25, 0.3) is 0 Å². The van der Waals surface area contributed by atoms with Gasteiger partial charge in [-0.05, 0) is 36.4 Å². The molecule has 2 N–H and O–H groups in total. The summed E-state index contributed by atoms with van der Waals surface area (Å²) in [5.41, 5.74) is 3.78. The second kappa shape index (κ2) is 12.0. The molecule has 33 heavy (non-hydrogen) atoms. The monoisotopic (exact) mass is 487 g/mol. The molecule has 0 saturated carbocycles. The number of anilines is 1. The lowest BCUT2D eigenvalue weighted by Crippen LogP contribution is -2.21. The molecule has 170 valence electrons. The molecule has 0 spiro atoms. The molecule has 0 bridgehead atoms. The van der Waals surface area contributed by atoms with E-state index in [1.165, 1.54) is 24.4 Å². The Kier molecular flexibility index (Phi) is 8.80. The minimum atomic E-state index is -0.547. The molecule has 0 saturated heterocycles. The van der Waals surface area contributed by atoms with Crippen molar-refractivity contribution in [2.75, 3.05) is 5.32 Å². The van der Waals surface area contributed by atoms with Crippen molar-refractivity contribution < 1.29 is 18.7 Å². The van der Waals surface area contributed by atoms with Crippen molar-refractivity contribution in [2.45, 2.75) is 19.4 Å². The number of nitrogens with zero attached hydrogens (tertiary/aromatic N) is 1. The second-order valence-electron chi connectivity index (χ2n) is 6.88. The molecule has 3 aromatic carbocycles. The van der Waals surface area contributed by atoms with Crippen LogP contribution in [0.5, 0.6) is 5.75 Å². The SMILES string of the molecule is O=C(CCC(=O)Nc1ccccc1F)NN=Cc1cc(Cl)ccc1OCc1ccccc1Cl. The minimum absolute atomic E-state index is 0.0613. The van der Waals surface area contributed by atoms with Crippen LogP contribution in [0.25, 0.3) is 0 Å². The van der Waals surface area contributed by atoms with Gasteiger partial charge in [0.05, 0.1) is 11.9 Å². The van der Waals surface area contributed by atoms with E-state index in [4.69, 9.17) is 27.9 Å². The normalized spacial score (nSPS) is 10.8. The highest BCUT2D eigenvalue weighted by Crippen LogP contribution is 2.24. The molecular formula is C24H20Cl2FN3O3. The number of ether oxygens (including phenoxy) is 1. The average Bonchev–Trinajstić information content (AvgIpc) is 2.80. The average molecular weight is 488 g/mol. The zero-order valence-electron chi connectivity index (χ0n) is 17.4. The van der Waals surface area contributed by atoms with Crippen molar-refractivity contribution in [1.29, 1.82) is 0 Å². The lowest BCUT2D eigenvalue weighted by molar-refractivity contribution is -0.124. The van der Waals surface area contributed by atoms with E-state index < -0.39 is 17.6 Å². The fraction of sp³-hybridized carbons (Fsp3) is 0.125. The van der Waals surface area contributed by atoms with Crippen LogP contribution in [0.2, 0.25) is 10.0 Å². The summed E-state index contributed by atoms with van der Waals surface area (Å²) in [6.07, 6.45) is 1.15. The van der Waals surface area contributed by atoms with Crippen molar-refractivity contribution >= 4 is 46.9 Å². The van der Waals surface area contributed by atoms with Crippen LogP contribution in [-0.4, -0.2) is 18.0 Å². The number of halogens is 3. The van der Waals surface area contributed by atoms with E-state index in [1.54, 1.807) is 30.3 Å². The zero-order chi connectivity index (χ0) is 23.6. The van der Waals surface area contributed by atoms with Crippen LogP contribution in [0.15, 0.2) is 71.8 Å². The van der Waals surface area contributed by atoms with Crippen molar-refractivity contribution in [1.82, 2.24) is 5.43 Å². The van der Waals surface area contributed by atoms with Gasteiger partial charge in [0.15, 0.2) is 0 Å². The number of benzene rings is 3. The molecule has 9 heteroatoms. The Morgan fingerprint density at radius 1 is 0.970 bits per heavy atom. The summed E-state index contributed by atoms with van der Waals surface area (Å²) >= 11 is 12.2. The van der Waals surface area contributed by atoms with E-state index in [1.807, 2.05) is 18.2 Å². The van der Waals surface area contributed by atoms with Crippen LogP contribution >= 0.6 is 23.2 Å². The van der Waals surface area contributed by atoms with Gasteiger partial charge < -0.3 is 10.1 Å². The minimum Gasteiger partial charge on any atom is -0.488 e. The lowest BCUT2D eigenvalue weighted by Gasteiger charge is -2.10. The van der Waals surface area contributed by atoms with Crippen LogP contribution in [0.1, 0.15) is 24.0 Å². The van der Waals surface area contributed by atoms with Gasteiger partial charge in [-0.3, -0.25) is 9.59 Å². The number of para-hydroxylation sites is 1. The molecule has 0 aliphatic rings. The molecule has 0 fully saturated rings. The van der Waals surface area contributed by atoms with E-state index >= 15 is 0 Å². The summed E-state index contributed by atoms with van der Waals surface area (Å²) in [6.45, 7) is 0.242. The third kappa shape index (κ3) is 7.59. The first-order chi connectivity index (χ1) is 15.9. The van der Waals surface area contributed by atoms with E-state index in [-0.39, 0.29) is 25.1 Å². The molecular weight excluding hydrogens is 468 g/mol. The molecule has 3 rings (SSSR count). The fourth-order valence-electron chi connectivity index (χ4n) is 2.75. The smallest absolute Gasteiger partial charge is 0.240 e. The Morgan fingerprint density at radius 2 is 1.70 bits per heavy atom. The summed E-state index contributed by atoms with van der Waals surface area (Å²) in [7, 11) is 0. The standard InChI is InChI=1S/C24H20Cl2FN3O3/c25-18-9-10-22(33-15-16-5-1-2-6-19(16)26)17(13-18)14-28-30-24(32)12-11-23(31)29-21-8-4-3-7-20(21)27/h1-10,13-14H,11-12,15H2,(H,29,31)(H,30,32). The largest absolute Gasteiger partial charge is 0.488 e. The number of hydrogen-bond acceptors (Lipinski definition) is 4. The van der Waals surface area contributed by atoms with Gasteiger partial charge in [0.1, 0.15) is 18.2 Å². The number of hydrazone groups is 1. The summed E-state index contributed by atoms with van der Waals surface area (Å²) in [4.78, 5) is 23.9. The highest BCUT2D eigenvalue weighted by atomic mass is 35.5. The first-order valence-electron chi connectivity index (χ1n) is 9.94. The summed E-state index contributed by atoms with van der Waals surface area (Å²) in [5.74, 6) is -1.00. The Hall–Kier alpha value is -3.42. The molecule has 0 atom stereocenters. The van der Waals surface area contributed by atoms with Crippen molar-refractivity contribution in [3.05, 3.63) is 93.7 Å². The first-order valence-corrected chi connectivity index (χ1v) is 10.7. The molecule has 2 amide bonds. The van der Waals surface area contributed by atoms with Crippen LogP contribution in [0.4, 0.5) is 10.1 Å². The molecule has 0 aromatic heterocycles. The fourth-order valence-corrected chi connectivity index (χ4v) is 3.13. The number of carbonyl (C=O) groups excluding carboxylic acids is 2. The third-order valence-corrected chi connectivity index (χ3v) is 5.04. The molecule has 6 nitrogen and oxygen atoms in total. The number of nitrogens with one attached hydrogen (secondary N) is 2. The van der Waals surface area contributed by atoms with E-state index in [0.29, 0.717) is 21.4 Å². The predicted molar refractivity (Wildman–Crippen MR) is 127 cm³/mol. The number of rotatable bonds is 9. The molecule has 0 aliphatic heterocycles. The van der Waals surface area contributed by atoms with E-state index in [2.05, 4.69) is 15.8 Å². The Balaban J connectivity index is 1.52. The van der Waals surface area contributed by atoms with Crippen molar-refractivity contribution in [3.8, 4) is 5.75 Å². The van der Waals surface area contributed by atoms with E-state index in [9.17, 15) is 14.0 Å². The summed E-state index contributed by atoms with van der Waals surface area (Å²) < 4.78 is 19.4. The van der Waals surface area contributed by atoms with Gasteiger partial charge in [-0.1, -0.05) is 53.5 Å². The lowest BCUT2D eigenvalue weighted by atomic mass is 10.2. The Labute approximate surface area is 200 Å². The van der Waals surface area contributed by atoms with Gasteiger partial charge in [-0.15, -0.1) is 0 Å². The van der Waals surface area contributed by atoms with Crippen LogP contribution in [0, 0.1) is 5.82 Å². The van der Waals surface area contributed by atoms with Gasteiger partial charge in [0.2, 0.25) is 11.8 Å². The summed E-state index contributed by atoms with van der Waals surface area (Å²) in [6, 6.07) is 18.1. The van der Waals surface area contributed by atoms with Gasteiger partial charge in [-0.25, -0.2) is 9.82 Å². The van der Waals surface area contributed by atoms with E-state index in [0.717, 1.165) is 5.56 Å². The first kappa shape index (κ1) is 24.2. The molecule has 3 aromatic rings. The topological polar surface area (TPSA) is 79.8 Å². The van der Waals surface area contributed by atoms with Gasteiger partial charge >= 0.3 is 0 Å². The number of amides is 2. The summed E-state index contributed by atoms with van der Waals surface area (Å²) in [5, 5.41) is 7.39. The second-order valence-corrected chi connectivity index (χ2v) is 7.73. The Bertz CT molecular complexity index is 1170. The molecule has 0 radical (unpaired) electrons. The van der Waals surface area contributed by atoms with Crippen LogP contribution in [0.3, 0.4) is 0 Å². The molecule has 0 heterocycles. The highest BCUT2D eigenvalue weighted by Gasteiger charge is 2.10. The van der Waals surface area contributed by atoms with Crippen molar-refractivity contribution in [2.24, 2.45) is 5.10 Å². The molecule has 0 unspecified atom stereocenters. The maximum absolute atomic E-state index is 13.6. The van der Waals surface area contributed by atoms with Crippen molar-refractivity contribution in [3.63, 3.8) is 0 Å². The van der Waals surface area contributed by atoms with Gasteiger partial charge in [-0.2, -0.15) is 5.10 Å². The quantitative estimate of drug-likeness (QED) is 0.305. The predicted octanol–water partition coefficient (Wildman–Crippen LogP) is 5.58. The van der Waals surface area contributed by atoms with Crippen LogP contribution < -0.4 is 15.5 Å². The molecule has 0 aliphatic carbocycles. The van der Waals surface area contributed by atoms with Crippen LogP contribution in [-0.2, 0) is 16.2 Å². The zero-order valence-corrected chi connectivity index (χ0v) is 18.9. The van der Waals surface area contributed by atoms with Gasteiger partial charge in [0, 0.05) is 34.0 Å². The number of carbonyl (C=O) groups is 2. The number of hydrogen-bond donors (Lipinski definition) is 2. The maximum Gasteiger partial charge on any atom is 0.240 e.